The van der Waals surface area contributed by atoms with E-state index in [1.165, 1.54) is 154 Å². The first-order valence-corrected chi connectivity index (χ1v) is 19.1. The Balaban J connectivity index is 0. The molecule has 0 saturated carbocycles. The molecule has 0 aromatic rings. The minimum Gasteiger partial charge on any atom is -0.412 e. The molecule has 0 aromatic heterocycles. The summed E-state index contributed by atoms with van der Waals surface area (Å²) in [4.78, 5) is 0. The van der Waals surface area contributed by atoms with Crippen LogP contribution in [0, 0.1) is 5.92 Å². The van der Waals surface area contributed by atoms with Crippen LogP contribution in [0.15, 0.2) is 0 Å². The Bertz CT molecular complexity index is 462. The zero-order valence-electron chi connectivity index (χ0n) is 29.7. The minimum atomic E-state index is -0.842. The summed E-state index contributed by atoms with van der Waals surface area (Å²) in [6, 6.07) is 0. The normalized spacial score (nSPS) is 13.6. The van der Waals surface area contributed by atoms with E-state index in [0.29, 0.717) is 5.92 Å². The van der Waals surface area contributed by atoms with Crippen molar-refractivity contribution in [2.45, 2.75) is 220 Å². The van der Waals surface area contributed by atoms with Gasteiger partial charge in [-0.05, 0) is 31.6 Å². The van der Waals surface area contributed by atoms with Crippen LogP contribution in [-0.2, 0) is 14.2 Å². The molecular weight excluding hydrogens is 520 g/mol. The highest BCUT2D eigenvalue weighted by Crippen LogP contribution is 2.28. The summed E-state index contributed by atoms with van der Waals surface area (Å²) in [5, 5.41) is 0. The van der Waals surface area contributed by atoms with Crippen molar-refractivity contribution in [2.75, 3.05) is 19.8 Å². The van der Waals surface area contributed by atoms with Gasteiger partial charge in [-0.1, -0.05) is 182 Å². The minimum absolute atomic E-state index is 0. The van der Waals surface area contributed by atoms with Gasteiger partial charge in [-0.2, -0.15) is 0 Å². The van der Waals surface area contributed by atoms with E-state index in [0.717, 1.165) is 45.5 Å². The van der Waals surface area contributed by atoms with Gasteiger partial charge >= 0.3 is 0 Å². The maximum Gasteiger partial charge on any atom is 0.282 e. The Morgan fingerprint density at radius 2 is 0.762 bits per heavy atom. The Kier molecular flexibility index (Phi) is 37.0. The molecule has 2 atom stereocenters. The van der Waals surface area contributed by atoms with Crippen molar-refractivity contribution in [3.8, 4) is 0 Å². The summed E-state index contributed by atoms with van der Waals surface area (Å²) in [7, 11) is 0. The average molecular weight is 601 g/mol. The van der Waals surface area contributed by atoms with E-state index >= 15 is 0 Å². The standard InChI is InChI=1S/C38H78O3.H2O/c1-6-11-15-18-21-23-24-26-29-33-38(39-34-30-27-20-17-13-8-3,41-36-37(10-5)32-14-9-4)40-35-31-28-25-22-19-16-12-7-2;/h37H,6-36H2,1-5H3;1H2. The second-order valence-electron chi connectivity index (χ2n) is 12.9. The Labute approximate surface area is 265 Å². The van der Waals surface area contributed by atoms with E-state index in [4.69, 9.17) is 14.2 Å². The lowest BCUT2D eigenvalue weighted by Gasteiger charge is -2.35. The molecule has 0 aliphatic heterocycles. The SMILES string of the molecule is CCCCCCCCCCCC(OCCCCCCCC)(OCCCCCCCCCC)OCC(CC)CCCC.O. The molecular formula is C38H80O4. The second kappa shape index (κ2) is 35.3. The lowest BCUT2D eigenvalue weighted by molar-refractivity contribution is -0.387. The number of unbranched alkanes of at least 4 members (excludes halogenated alkanes) is 21. The van der Waals surface area contributed by atoms with Crippen LogP contribution in [0.25, 0.3) is 0 Å². The largest absolute Gasteiger partial charge is 0.412 e. The summed E-state index contributed by atoms with van der Waals surface area (Å²) >= 11 is 0. The van der Waals surface area contributed by atoms with Gasteiger partial charge in [0.05, 0.1) is 19.8 Å². The third-order valence-corrected chi connectivity index (χ3v) is 8.81. The predicted molar refractivity (Wildman–Crippen MR) is 185 cm³/mol. The topological polar surface area (TPSA) is 59.2 Å². The van der Waals surface area contributed by atoms with Gasteiger partial charge in [-0.15, -0.1) is 0 Å². The van der Waals surface area contributed by atoms with E-state index in [9.17, 15) is 0 Å². The Hall–Kier alpha value is -0.160. The van der Waals surface area contributed by atoms with Gasteiger partial charge in [0.2, 0.25) is 0 Å². The van der Waals surface area contributed by atoms with Gasteiger partial charge < -0.3 is 19.7 Å². The van der Waals surface area contributed by atoms with Crippen molar-refractivity contribution < 1.29 is 19.7 Å². The molecule has 0 bridgehead atoms. The maximum atomic E-state index is 6.72. The molecule has 2 N–H and O–H groups in total. The fraction of sp³-hybridized carbons (Fsp3) is 1.00. The molecule has 0 aromatic carbocycles. The lowest BCUT2D eigenvalue weighted by Crippen LogP contribution is -2.41. The molecule has 256 valence electrons. The molecule has 0 heterocycles. The summed E-state index contributed by atoms with van der Waals surface area (Å²) in [5.41, 5.74) is 0. The van der Waals surface area contributed by atoms with E-state index in [1.54, 1.807) is 0 Å². The molecule has 0 aliphatic carbocycles. The van der Waals surface area contributed by atoms with Crippen molar-refractivity contribution in [1.82, 2.24) is 0 Å². The summed E-state index contributed by atoms with van der Waals surface area (Å²) in [6.07, 6.45) is 36.1. The number of ether oxygens (including phenoxy) is 3. The first kappa shape index (κ1) is 44.0. The molecule has 4 heteroatoms. The highest BCUT2D eigenvalue weighted by molar-refractivity contribution is 4.65. The fourth-order valence-electron chi connectivity index (χ4n) is 5.71. The smallest absolute Gasteiger partial charge is 0.282 e. The van der Waals surface area contributed by atoms with Gasteiger partial charge in [0, 0.05) is 6.42 Å². The fourth-order valence-corrected chi connectivity index (χ4v) is 5.71. The number of rotatable bonds is 35. The monoisotopic (exact) mass is 601 g/mol. The molecule has 42 heavy (non-hydrogen) atoms. The first-order valence-electron chi connectivity index (χ1n) is 19.1. The van der Waals surface area contributed by atoms with Crippen LogP contribution in [-0.4, -0.2) is 31.3 Å². The summed E-state index contributed by atoms with van der Waals surface area (Å²) in [5.74, 6) is -0.243. The molecule has 2 unspecified atom stereocenters. The highest BCUT2D eigenvalue weighted by Gasteiger charge is 2.34. The Morgan fingerprint density at radius 3 is 1.14 bits per heavy atom. The van der Waals surface area contributed by atoms with Gasteiger partial charge in [0.1, 0.15) is 0 Å². The van der Waals surface area contributed by atoms with E-state index in [1.807, 2.05) is 0 Å². The Morgan fingerprint density at radius 1 is 0.405 bits per heavy atom. The van der Waals surface area contributed by atoms with E-state index < -0.39 is 5.97 Å². The van der Waals surface area contributed by atoms with Gasteiger partial charge in [0.25, 0.3) is 5.97 Å². The van der Waals surface area contributed by atoms with Crippen molar-refractivity contribution >= 4 is 0 Å². The molecule has 4 nitrogen and oxygen atoms in total. The number of hydrogen-bond donors (Lipinski definition) is 0. The van der Waals surface area contributed by atoms with Gasteiger partial charge in [0.15, 0.2) is 0 Å². The molecule has 0 fully saturated rings. The highest BCUT2D eigenvalue weighted by atomic mass is 16.9. The van der Waals surface area contributed by atoms with Crippen LogP contribution in [0.5, 0.6) is 0 Å². The van der Waals surface area contributed by atoms with Crippen LogP contribution in [0.2, 0.25) is 0 Å². The first-order chi connectivity index (χ1) is 20.2. The predicted octanol–water partition coefficient (Wildman–Crippen LogP) is 12.5. The lowest BCUT2D eigenvalue weighted by atomic mass is 10.0. The molecule has 0 aliphatic rings. The molecule has 0 amide bonds. The molecule has 0 rings (SSSR count). The zero-order valence-corrected chi connectivity index (χ0v) is 29.7. The molecule has 0 radical (unpaired) electrons. The summed E-state index contributed by atoms with van der Waals surface area (Å²) < 4.78 is 20.0. The molecule has 0 spiro atoms. The molecule has 0 saturated heterocycles. The van der Waals surface area contributed by atoms with E-state index in [2.05, 4.69) is 34.6 Å². The van der Waals surface area contributed by atoms with Crippen molar-refractivity contribution in [3.63, 3.8) is 0 Å². The van der Waals surface area contributed by atoms with Crippen molar-refractivity contribution in [1.29, 1.82) is 0 Å². The van der Waals surface area contributed by atoms with Crippen LogP contribution in [0.3, 0.4) is 0 Å². The quantitative estimate of drug-likeness (QED) is 0.0537. The van der Waals surface area contributed by atoms with Gasteiger partial charge in [-0.25, -0.2) is 0 Å². The van der Waals surface area contributed by atoms with Crippen LogP contribution >= 0.6 is 0 Å². The third kappa shape index (κ3) is 28.6. The second-order valence-corrected chi connectivity index (χ2v) is 12.9. The maximum absolute atomic E-state index is 6.72. The third-order valence-electron chi connectivity index (χ3n) is 8.81. The summed E-state index contributed by atoms with van der Waals surface area (Å²) in [6.45, 7) is 13.8. The zero-order chi connectivity index (χ0) is 30.1. The number of hydrogen-bond acceptors (Lipinski definition) is 3. The van der Waals surface area contributed by atoms with Crippen LogP contribution < -0.4 is 0 Å². The van der Waals surface area contributed by atoms with Crippen molar-refractivity contribution in [3.05, 3.63) is 0 Å². The van der Waals surface area contributed by atoms with Crippen LogP contribution in [0.4, 0.5) is 0 Å². The average Bonchev–Trinajstić information content (AvgIpc) is 2.99. The van der Waals surface area contributed by atoms with Crippen LogP contribution in [0.1, 0.15) is 214 Å². The van der Waals surface area contributed by atoms with Crippen molar-refractivity contribution in [2.24, 2.45) is 5.92 Å². The van der Waals surface area contributed by atoms with Gasteiger partial charge in [-0.3, -0.25) is 0 Å². The van der Waals surface area contributed by atoms with E-state index in [-0.39, 0.29) is 5.48 Å².